The highest BCUT2D eigenvalue weighted by Crippen LogP contribution is 2.32. The fourth-order valence-corrected chi connectivity index (χ4v) is 4.87. The highest BCUT2D eigenvalue weighted by Gasteiger charge is 2.43. The van der Waals surface area contributed by atoms with Crippen molar-refractivity contribution < 1.29 is 8.42 Å². The summed E-state index contributed by atoms with van der Waals surface area (Å²) in [5.74, 6) is 0.568. The summed E-state index contributed by atoms with van der Waals surface area (Å²) in [5, 5.41) is 3.05. The minimum absolute atomic E-state index is 0.116. The lowest BCUT2D eigenvalue weighted by atomic mass is 9.86. The average molecular weight is 217 g/mol. The predicted molar refractivity (Wildman–Crippen MR) is 57.0 cm³/mol. The molecule has 0 bridgehead atoms. The fourth-order valence-electron chi connectivity index (χ4n) is 2.66. The molecule has 0 radical (unpaired) electrons. The first-order chi connectivity index (χ1) is 6.51. The molecule has 1 heterocycles. The molecule has 1 N–H and O–H groups in total. The van der Waals surface area contributed by atoms with Crippen molar-refractivity contribution in [1.29, 1.82) is 0 Å². The molecule has 2 rings (SSSR count). The zero-order chi connectivity index (χ0) is 10.3. The summed E-state index contributed by atoms with van der Waals surface area (Å²) in [6, 6.07) is 0.229. The summed E-state index contributed by atoms with van der Waals surface area (Å²) >= 11 is 0. The van der Waals surface area contributed by atoms with E-state index in [-0.39, 0.29) is 16.5 Å². The Kier molecular flexibility index (Phi) is 2.60. The van der Waals surface area contributed by atoms with Gasteiger partial charge in [0.05, 0.1) is 10.5 Å². The van der Waals surface area contributed by atoms with Crippen molar-refractivity contribution in [2.45, 2.75) is 49.7 Å². The second-order valence-corrected chi connectivity index (χ2v) is 7.46. The summed E-state index contributed by atoms with van der Waals surface area (Å²) in [4.78, 5) is 0. The van der Waals surface area contributed by atoms with E-state index in [1.54, 1.807) is 0 Å². The Bertz CT molecular complexity index is 310. The topological polar surface area (TPSA) is 46.2 Å². The molecule has 0 aromatic rings. The van der Waals surface area contributed by atoms with Gasteiger partial charge >= 0.3 is 0 Å². The van der Waals surface area contributed by atoms with E-state index in [4.69, 9.17) is 0 Å². The van der Waals surface area contributed by atoms with Gasteiger partial charge < -0.3 is 5.32 Å². The Hall–Kier alpha value is -0.0900. The molecule has 1 aliphatic carbocycles. The average Bonchev–Trinajstić information content (AvgIpc) is 2.13. The number of hydrogen-bond acceptors (Lipinski definition) is 3. The molecule has 82 valence electrons. The SMILES string of the molecule is CC1CCC2NCC(C)S(=O)(=O)C2C1. The zero-order valence-electron chi connectivity index (χ0n) is 8.86. The Morgan fingerprint density at radius 2 is 1.93 bits per heavy atom. The van der Waals surface area contributed by atoms with Crippen LogP contribution >= 0.6 is 0 Å². The minimum Gasteiger partial charge on any atom is -0.311 e. The normalized spacial score (nSPS) is 47.0. The monoisotopic (exact) mass is 217 g/mol. The summed E-state index contributed by atoms with van der Waals surface area (Å²) in [5.41, 5.74) is 0. The molecule has 1 aliphatic heterocycles. The van der Waals surface area contributed by atoms with Crippen LogP contribution in [0.4, 0.5) is 0 Å². The second-order valence-electron chi connectivity index (χ2n) is 4.87. The second kappa shape index (κ2) is 3.49. The molecule has 0 aromatic heterocycles. The maximum absolute atomic E-state index is 12.1. The standard InChI is InChI=1S/C10H19NO2S/c1-7-3-4-9-10(5-7)14(12,13)8(2)6-11-9/h7-11H,3-6H2,1-2H3. The van der Waals surface area contributed by atoms with E-state index in [9.17, 15) is 8.42 Å². The van der Waals surface area contributed by atoms with Gasteiger partial charge in [0.15, 0.2) is 9.84 Å². The first kappa shape index (κ1) is 10.4. The van der Waals surface area contributed by atoms with E-state index >= 15 is 0 Å². The lowest BCUT2D eigenvalue weighted by Crippen LogP contribution is -2.57. The molecule has 0 amide bonds. The lowest BCUT2D eigenvalue weighted by molar-refractivity contribution is 0.295. The third-order valence-electron chi connectivity index (χ3n) is 3.70. The van der Waals surface area contributed by atoms with Crippen molar-refractivity contribution in [2.24, 2.45) is 5.92 Å². The van der Waals surface area contributed by atoms with Gasteiger partial charge in [0, 0.05) is 12.6 Å². The molecule has 1 saturated carbocycles. The fraction of sp³-hybridized carbons (Fsp3) is 1.00. The first-order valence-corrected chi connectivity index (χ1v) is 7.09. The number of fused-ring (bicyclic) bond motifs is 1. The van der Waals surface area contributed by atoms with Crippen molar-refractivity contribution in [3.63, 3.8) is 0 Å². The van der Waals surface area contributed by atoms with Crippen molar-refractivity contribution in [2.75, 3.05) is 6.54 Å². The number of nitrogens with one attached hydrogen (secondary N) is 1. The van der Waals surface area contributed by atoms with E-state index in [0.29, 0.717) is 12.5 Å². The summed E-state index contributed by atoms with van der Waals surface area (Å²) in [7, 11) is -2.86. The van der Waals surface area contributed by atoms with Crippen molar-refractivity contribution in [3.05, 3.63) is 0 Å². The van der Waals surface area contributed by atoms with Crippen LogP contribution < -0.4 is 5.32 Å². The first-order valence-electron chi connectivity index (χ1n) is 5.48. The summed E-state index contributed by atoms with van der Waals surface area (Å²) in [6.45, 7) is 4.61. The van der Waals surface area contributed by atoms with Gasteiger partial charge in [0.2, 0.25) is 0 Å². The van der Waals surface area contributed by atoms with Crippen molar-refractivity contribution >= 4 is 9.84 Å². The summed E-state index contributed by atoms with van der Waals surface area (Å²) < 4.78 is 24.1. The number of hydrogen-bond donors (Lipinski definition) is 1. The van der Waals surface area contributed by atoms with Gasteiger partial charge in [-0.05, 0) is 32.1 Å². The molecular formula is C10H19NO2S. The van der Waals surface area contributed by atoms with E-state index in [1.165, 1.54) is 0 Å². The lowest BCUT2D eigenvalue weighted by Gasteiger charge is -2.40. The van der Waals surface area contributed by atoms with Crippen LogP contribution in [0.3, 0.4) is 0 Å². The van der Waals surface area contributed by atoms with Crippen LogP contribution in [0.2, 0.25) is 0 Å². The van der Waals surface area contributed by atoms with Crippen molar-refractivity contribution in [3.8, 4) is 0 Å². The highest BCUT2D eigenvalue weighted by atomic mass is 32.2. The van der Waals surface area contributed by atoms with Gasteiger partial charge in [0.1, 0.15) is 0 Å². The molecule has 4 heteroatoms. The highest BCUT2D eigenvalue weighted by molar-refractivity contribution is 7.92. The maximum atomic E-state index is 12.1. The van der Waals surface area contributed by atoms with Crippen LogP contribution in [-0.4, -0.2) is 31.5 Å². The van der Waals surface area contributed by atoms with Gasteiger partial charge in [-0.15, -0.1) is 0 Å². The quantitative estimate of drug-likeness (QED) is 0.657. The van der Waals surface area contributed by atoms with Crippen LogP contribution in [0.15, 0.2) is 0 Å². The van der Waals surface area contributed by atoms with Crippen LogP contribution in [0.25, 0.3) is 0 Å². The molecule has 4 atom stereocenters. The van der Waals surface area contributed by atoms with Gasteiger partial charge in [-0.1, -0.05) is 6.92 Å². The van der Waals surface area contributed by atoms with Crippen LogP contribution in [0, 0.1) is 5.92 Å². The predicted octanol–water partition coefficient (Wildman–Crippen LogP) is 0.950. The molecule has 3 nitrogen and oxygen atoms in total. The Morgan fingerprint density at radius 1 is 1.21 bits per heavy atom. The number of sulfone groups is 1. The molecule has 14 heavy (non-hydrogen) atoms. The van der Waals surface area contributed by atoms with Gasteiger partial charge in [-0.3, -0.25) is 0 Å². The molecular weight excluding hydrogens is 198 g/mol. The van der Waals surface area contributed by atoms with Crippen LogP contribution in [0.1, 0.15) is 33.1 Å². The molecule has 1 saturated heterocycles. The Balaban J connectivity index is 2.24. The smallest absolute Gasteiger partial charge is 0.158 e. The third-order valence-corrected chi connectivity index (χ3v) is 6.36. The van der Waals surface area contributed by atoms with Gasteiger partial charge in [0.25, 0.3) is 0 Å². The van der Waals surface area contributed by atoms with Gasteiger partial charge in [-0.2, -0.15) is 0 Å². The zero-order valence-corrected chi connectivity index (χ0v) is 9.68. The van der Waals surface area contributed by atoms with E-state index in [0.717, 1.165) is 19.3 Å². The molecule has 2 aliphatic rings. The maximum Gasteiger partial charge on any atom is 0.158 e. The minimum atomic E-state index is -2.86. The molecule has 4 unspecified atom stereocenters. The van der Waals surface area contributed by atoms with E-state index < -0.39 is 9.84 Å². The molecule has 0 aromatic carbocycles. The molecule has 2 fully saturated rings. The summed E-state index contributed by atoms with van der Waals surface area (Å²) in [6.07, 6.45) is 3.04. The third kappa shape index (κ3) is 1.58. The van der Waals surface area contributed by atoms with Gasteiger partial charge in [-0.25, -0.2) is 8.42 Å². The Morgan fingerprint density at radius 3 is 2.64 bits per heavy atom. The van der Waals surface area contributed by atoms with Crippen molar-refractivity contribution in [1.82, 2.24) is 5.32 Å². The number of rotatable bonds is 0. The Labute approximate surface area is 86.2 Å². The van der Waals surface area contributed by atoms with Crippen LogP contribution in [0.5, 0.6) is 0 Å². The van der Waals surface area contributed by atoms with E-state index in [2.05, 4.69) is 12.2 Å². The molecule has 0 spiro atoms. The van der Waals surface area contributed by atoms with E-state index in [1.807, 2.05) is 6.92 Å². The van der Waals surface area contributed by atoms with Crippen LogP contribution in [-0.2, 0) is 9.84 Å². The largest absolute Gasteiger partial charge is 0.311 e.